The van der Waals surface area contributed by atoms with Crippen LogP contribution in [0.3, 0.4) is 0 Å². The van der Waals surface area contributed by atoms with E-state index in [-0.39, 0.29) is 11.4 Å². The van der Waals surface area contributed by atoms with E-state index in [1.54, 1.807) is 12.1 Å². The number of nitrogens with one attached hydrogen (secondary N) is 1. The largest absolute Gasteiger partial charge is 0.409 e. The van der Waals surface area contributed by atoms with Gasteiger partial charge in [-0.1, -0.05) is 42.7 Å². The molecule has 0 aliphatic carbocycles. The number of rotatable bonds is 6. The SMILES string of the molecule is CCC(C)(CC)NCc1ccc(/C(N)=N/O)cc1Cl. The molecule has 0 heterocycles. The monoisotopic (exact) mass is 283 g/mol. The summed E-state index contributed by atoms with van der Waals surface area (Å²) in [5.74, 6) is 0.0633. The quantitative estimate of drug-likeness (QED) is 0.325. The lowest BCUT2D eigenvalue weighted by atomic mass is 9.95. The molecule has 0 bridgehead atoms. The van der Waals surface area contributed by atoms with E-state index in [0.29, 0.717) is 17.1 Å². The molecule has 0 aliphatic rings. The van der Waals surface area contributed by atoms with Gasteiger partial charge >= 0.3 is 0 Å². The highest BCUT2D eigenvalue weighted by Gasteiger charge is 2.18. The molecule has 1 aromatic rings. The van der Waals surface area contributed by atoms with Crippen LogP contribution >= 0.6 is 11.6 Å². The fourth-order valence-corrected chi connectivity index (χ4v) is 1.96. The van der Waals surface area contributed by atoms with Crippen molar-refractivity contribution < 1.29 is 5.21 Å². The molecule has 0 fully saturated rings. The Balaban J connectivity index is 2.81. The maximum Gasteiger partial charge on any atom is 0.170 e. The molecule has 19 heavy (non-hydrogen) atoms. The van der Waals surface area contributed by atoms with Crippen LogP contribution in [-0.4, -0.2) is 16.6 Å². The lowest BCUT2D eigenvalue weighted by molar-refractivity contribution is 0.318. The Bertz CT molecular complexity index is 456. The Kier molecular flexibility index (Phi) is 5.63. The highest BCUT2D eigenvalue weighted by molar-refractivity contribution is 6.31. The van der Waals surface area contributed by atoms with E-state index in [1.807, 2.05) is 6.07 Å². The molecule has 0 aliphatic heterocycles. The molecule has 0 aromatic heterocycles. The van der Waals surface area contributed by atoms with Crippen LogP contribution in [-0.2, 0) is 6.54 Å². The second kappa shape index (κ2) is 6.78. The summed E-state index contributed by atoms with van der Waals surface area (Å²) in [6.45, 7) is 7.23. The molecule has 106 valence electrons. The van der Waals surface area contributed by atoms with Gasteiger partial charge in [0, 0.05) is 22.7 Å². The highest BCUT2D eigenvalue weighted by Crippen LogP contribution is 2.20. The zero-order valence-corrected chi connectivity index (χ0v) is 12.5. The van der Waals surface area contributed by atoms with Gasteiger partial charge in [-0.25, -0.2) is 0 Å². The minimum absolute atomic E-state index is 0.0633. The summed E-state index contributed by atoms with van der Waals surface area (Å²) in [7, 11) is 0. The molecule has 0 saturated heterocycles. The second-order valence-corrected chi connectivity index (χ2v) is 5.32. The maximum absolute atomic E-state index is 8.63. The van der Waals surface area contributed by atoms with Gasteiger partial charge < -0.3 is 16.3 Å². The van der Waals surface area contributed by atoms with Gasteiger partial charge in [0.2, 0.25) is 0 Å². The first-order valence-electron chi connectivity index (χ1n) is 6.47. The van der Waals surface area contributed by atoms with Crippen LogP contribution in [0.1, 0.15) is 44.7 Å². The van der Waals surface area contributed by atoms with Crippen molar-refractivity contribution in [2.45, 2.75) is 45.7 Å². The molecule has 5 heteroatoms. The molecule has 0 unspecified atom stereocenters. The van der Waals surface area contributed by atoms with E-state index in [9.17, 15) is 0 Å². The molecule has 0 spiro atoms. The van der Waals surface area contributed by atoms with Crippen molar-refractivity contribution in [3.05, 3.63) is 34.3 Å². The van der Waals surface area contributed by atoms with Gasteiger partial charge in [-0.15, -0.1) is 0 Å². The molecule has 0 atom stereocenters. The van der Waals surface area contributed by atoms with Gasteiger partial charge in [0.25, 0.3) is 0 Å². The first-order chi connectivity index (χ1) is 8.95. The number of hydrogen-bond donors (Lipinski definition) is 3. The molecule has 4 N–H and O–H groups in total. The zero-order valence-electron chi connectivity index (χ0n) is 11.7. The van der Waals surface area contributed by atoms with Crippen molar-refractivity contribution in [3.8, 4) is 0 Å². The summed E-state index contributed by atoms with van der Waals surface area (Å²) in [5, 5.41) is 15.7. The van der Waals surface area contributed by atoms with Crippen molar-refractivity contribution in [2.24, 2.45) is 10.9 Å². The van der Waals surface area contributed by atoms with E-state index in [1.165, 1.54) is 0 Å². The predicted molar refractivity (Wildman–Crippen MR) is 79.8 cm³/mol. The van der Waals surface area contributed by atoms with E-state index < -0.39 is 0 Å². The van der Waals surface area contributed by atoms with Crippen LogP contribution in [0.2, 0.25) is 5.02 Å². The molecule has 1 aromatic carbocycles. The predicted octanol–water partition coefficient (Wildman–Crippen LogP) is 3.10. The molecule has 0 saturated carbocycles. The highest BCUT2D eigenvalue weighted by atomic mass is 35.5. The van der Waals surface area contributed by atoms with Crippen LogP contribution in [0.4, 0.5) is 0 Å². The van der Waals surface area contributed by atoms with E-state index in [0.717, 1.165) is 18.4 Å². The summed E-state index contributed by atoms with van der Waals surface area (Å²) in [5.41, 5.74) is 7.26. The standard InChI is InChI=1S/C14H22ClN3O/c1-4-14(3,5-2)17-9-11-7-6-10(8-12(11)15)13(16)18-19/h6-8,17,19H,4-5,9H2,1-3H3,(H2,16,18). The second-order valence-electron chi connectivity index (χ2n) is 4.91. The first-order valence-corrected chi connectivity index (χ1v) is 6.85. The summed E-state index contributed by atoms with van der Waals surface area (Å²) in [6, 6.07) is 5.41. The van der Waals surface area contributed by atoms with E-state index in [4.69, 9.17) is 22.5 Å². The zero-order chi connectivity index (χ0) is 14.5. The maximum atomic E-state index is 8.63. The normalized spacial score (nSPS) is 12.7. The van der Waals surface area contributed by atoms with Crippen LogP contribution in [0.5, 0.6) is 0 Å². The van der Waals surface area contributed by atoms with Crippen molar-refractivity contribution >= 4 is 17.4 Å². The third-order valence-electron chi connectivity index (χ3n) is 3.72. The summed E-state index contributed by atoms with van der Waals surface area (Å²) in [6.07, 6.45) is 2.12. The number of oxime groups is 1. The number of amidine groups is 1. The van der Waals surface area contributed by atoms with Gasteiger partial charge in [0.15, 0.2) is 5.84 Å². The Labute approximate surface area is 119 Å². The number of hydrogen-bond acceptors (Lipinski definition) is 3. The molecular weight excluding hydrogens is 262 g/mol. The number of nitrogens with zero attached hydrogens (tertiary/aromatic N) is 1. The Hall–Kier alpha value is -1.26. The first kappa shape index (κ1) is 15.8. The fraction of sp³-hybridized carbons (Fsp3) is 0.500. The average Bonchev–Trinajstić information content (AvgIpc) is 2.44. The third-order valence-corrected chi connectivity index (χ3v) is 4.07. The van der Waals surface area contributed by atoms with E-state index >= 15 is 0 Å². The van der Waals surface area contributed by atoms with Crippen molar-refractivity contribution in [1.82, 2.24) is 5.32 Å². The Morgan fingerprint density at radius 1 is 1.42 bits per heavy atom. The van der Waals surface area contributed by atoms with Crippen molar-refractivity contribution in [1.29, 1.82) is 0 Å². The van der Waals surface area contributed by atoms with E-state index in [2.05, 4.69) is 31.2 Å². The molecule has 0 amide bonds. The van der Waals surface area contributed by atoms with Gasteiger partial charge in [-0.2, -0.15) is 0 Å². The molecule has 1 rings (SSSR count). The minimum atomic E-state index is 0.0633. The van der Waals surface area contributed by atoms with Crippen LogP contribution in [0.15, 0.2) is 23.4 Å². The summed E-state index contributed by atoms with van der Waals surface area (Å²) in [4.78, 5) is 0. The average molecular weight is 284 g/mol. The lowest BCUT2D eigenvalue weighted by Gasteiger charge is -2.28. The number of benzene rings is 1. The fourth-order valence-electron chi connectivity index (χ4n) is 1.72. The molecule has 4 nitrogen and oxygen atoms in total. The Morgan fingerprint density at radius 2 is 2.05 bits per heavy atom. The topological polar surface area (TPSA) is 70.6 Å². The molecule has 0 radical (unpaired) electrons. The Morgan fingerprint density at radius 3 is 2.53 bits per heavy atom. The van der Waals surface area contributed by atoms with Gasteiger partial charge in [-0.05, 0) is 31.4 Å². The van der Waals surface area contributed by atoms with Crippen LogP contribution in [0.25, 0.3) is 0 Å². The minimum Gasteiger partial charge on any atom is -0.409 e. The van der Waals surface area contributed by atoms with Crippen LogP contribution < -0.4 is 11.1 Å². The third kappa shape index (κ3) is 4.11. The lowest BCUT2D eigenvalue weighted by Crippen LogP contribution is -2.40. The smallest absolute Gasteiger partial charge is 0.170 e. The summed E-state index contributed by atoms with van der Waals surface area (Å²) < 4.78 is 0. The van der Waals surface area contributed by atoms with Crippen molar-refractivity contribution in [2.75, 3.05) is 0 Å². The van der Waals surface area contributed by atoms with Gasteiger partial charge in [0.05, 0.1) is 0 Å². The number of halogens is 1. The van der Waals surface area contributed by atoms with Crippen molar-refractivity contribution in [3.63, 3.8) is 0 Å². The van der Waals surface area contributed by atoms with Gasteiger partial charge in [0.1, 0.15) is 0 Å². The van der Waals surface area contributed by atoms with Crippen LogP contribution in [0, 0.1) is 0 Å². The van der Waals surface area contributed by atoms with Gasteiger partial charge in [-0.3, -0.25) is 0 Å². The summed E-state index contributed by atoms with van der Waals surface area (Å²) >= 11 is 6.21. The number of nitrogens with two attached hydrogens (primary N) is 1. The molecular formula is C14H22ClN3O.